The summed E-state index contributed by atoms with van der Waals surface area (Å²) in [6.45, 7) is 10.1. The van der Waals surface area contributed by atoms with Gasteiger partial charge in [-0.05, 0) is 43.5 Å². The normalized spacial score (nSPS) is 15.1. The van der Waals surface area contributed by atoms with E-state index in [4.69, 9.17) is 31.1 Å². The van der Waals surface area contributed by atoms with Crippen molar-refractivity contribution in [3.05, 3.63) is 58.3 Å². The van der Waals surface area contributed by atoms with Crippen LogP contribution in [0, 0.1) is 13.8 Å². The first-order valence-corrected chi connectivity index (χ1v) is 11.9. The van der Waals surface area contributed by atoms with Gasteiger partial charge in [0.1, 0.15) is 12.0 Å². The van der Waals surface area contributed by atoms with Crippen LogP contribution < -0.4 is 0 Å². The second-order valence-electron chi connectivity index (χ2n) is 8.47. The summed E-state index contributed by atoms with van der Waals surface area (Å²) in [4.78, 5) is 17.3. The van der Waals surface area contributed by atoms with Gasteiger partial charge in [0.05, 0.1) is 24.8 Å². The van der Waals surface area contributed by atoms with Crippen LogP contribution in [0.5, 0.6) is 0 Å². The van der Waals surface area contributed by atoms with Crippen LogP contribution in [-0.4, -0.2) is 68.1 Å². The van der Waals surface area contributed by atoms with Gasteiger partial charge in [0, 0.05) is 36.9 Å². The van der Waals surface area contributed by atoms with Crippen molar-refractivity contribution in [2.45, 2.75) is 33.4 Å². The maximum absolute atomic E-state index is 5.91. The molecule has 178 valence electrons. The molecule has 0 N–H and O–H groups in total. The summed E-state index contributed by atoms with van der Waals surface area (Å²) in [5, 5.41) is 10.3. The van der Waals surface area contributed by atoms with Crippen LogP contribution in [0.15, 0.2) is 35.7 Å². The Morgan fingerprint density at radius 2 is 1.91 bits per heavy atom. The summed E-state index contributed by atoms with van der Waals surface area (Å²) in [5.74, 6) is 0.555. The largest absolute Gasteiger partial charge is 0.387 e. The molecule has 1 saturated heterocycles. The third-order valence-electron chi connectivity index (χ3n) is 6.29. The molecule has 0 saturated carbocycles. The number of ether oxygens (including phenoxy) is 1. The molecule has 34 heavy (non-hydrogen) atoms. The molecule has 4 aromatic rings. The number of hydrogen-bond donors (Lipinski definition) is 0. The molecule has 0 aliphatic carbocycles. The number of aryl methyl sites for hydroxylation is 2. The van der Waals surface area contributed by atoms with Gasteiger partial charge < -0.3 is 14.1 Å². The zero-order valence-corrected chi connectivity index (χ0v) is 20.2. The smallest absolute Gasteiger partial charge is 0.192 e. The van der Waals surface area contributed by atoms with Crippen LogP contribution in [0.1, 0.15) is 29.1 Å². The number of rotatable bonds is 8. The maximum atomic E-state index is 5.91. The lowest BCUT2D eigenvalue weighted by Gasteiger charge is -2.26. The summed E-state index contributed by atoms with van der Waals surface area (Å²) < 4.78 is 9.46. The molecular weight excluding hydrogens is 454 g/mol. The van der Waals surface area contributed by atoms with Gasteiger partial charge >= 0.3 is 0 Å². The number of hydrogen-bond acceptors (Lipinski definition) is 7. The van der Waals surface area contributed by atoms with Gasteiger partial charge in [0.15, 0.2) is 18.1 Å². The second-order valence-corrected chi connectivity index (χ2v) is 8.90. The highest BCUT2D eigenvalue weighted by Gasteiger charge is 2.18. The molecule has 4 heterocycles. The van der Waals surface area contributed by atoms with Gasteiger partial charge in [-0.15, -0.1) is 5.10 Å². The summed E-state index contributed by atoms with van der Waals surface area (Å²) >= 11 is 5.91. The lowest BCUT2D eigenvalue weighted by molar-refractivity contribution is 0.0369. The molecule has 5 rings (SSSR count). The standard InChI is InChI=1S/C24H28ClN7O2/c1-17-18(2)31(9-3-8-30-10-12-33-13-11-30)23-22(17)24-28-21(29-32(24)16-26-23)15-34-27-14-19-4-6-20(25)7-5-19/h4-7,14,16H,3,8-13,15H2,1-2H3. The van der Waals surface area contributed by atoms with E-state index < -0.39 is 0 Å². The highest BCUT2D eigenvalue weighted by Crippen LogP contribution is 2.27. The summed E-state index contributed by atoms with van der Waals surface area (Å²) in [6, 6.07) is 7.36. The molecule has 0 unspecified atom stereocenters. The van der Waals surface area contributed by atoms with Crippen molar-refractivity contribution in [3.63, 3.8) is 0 Å². The first kappa shape index (κ1) is 22.8. The quantitative estimate of drug-likeness (QED) is 0.282. The van der Waals surface area contributed by atoms with Crippen LogP contribution in [0.2, 0.25) is 5.02 Å². The first-order chi connectivity index (χ1) is 16.6. The Morgan fingerprint density at radius 3 is 2.71 bits per heavy atom. The summed E-state index contributed by atoms with van der Waals surface area (Å²) in [5.41, 5.74) is 5.04. The number of benzene rings is 1. The summed E-state index contributed by atoms with van der Waals surface area (Å²) in [7, 11) is 0. The number of fused-ring (bicyclic) bond motifs is 3. The Hall–Kier alpha value is -3.01. The Bertz CT molecular complexity index is 1310. The van der Waals surface area contributed by atoms with E-state index >= 15 is 0 Å². The lowest BCUT2D eigenvalue weighted by atomic mass is 10.2. The zero-order chi connectivity index (χ0) is 23.5. The fourth-order valence-corrected chi connectivity index (χ4v) is 4.45. The van der Waals surface area contributed by atoms with Crippen molar-refractivity contribution in [1.82, 2.24) is 29.0 Å². The van der Waals surface area contributed by atoms with Crippen LogP contribution >= 0.6 is 11.6 Å². The molecule has 9 nitrogen and oxygen atoms in total. The van der Waals surface area contributed by atoms with E-state index in [1.165, 1.54) is 11.3 Å². The van der Waals surface area contributed by atoms with E-state index in [1.807, 2.05) is 24.3 Å². The molecule has 10 heteroatoms. The molecule has 0 radical (unpaired) electrons. The van der Waals surface area contributed by atoms with Crippen molar-refractivity contribution in [2.75, 3.05) is 32.8 Å². The molecule has 1 aliphatic rings. The van der Waals surface area contributed by atoms with E-state index in [0.29, 0.717) is 10.8 Å². The average Bonchev–Trinajstić information content (AvgIpc) is 3.37. The Morgan fingerprint density at radius 1 is 1.12 bits per heavy atom. The van der Waals surface area contributed by atoms with E-state index in [0.717, 1.165) is 68.1 Å². The fraction of sp³-hybridized carbons (Fsp3) is 0.417. The molecule has 3 aromatic heterocycles. The van der Waals surface area contributed by atoms with Gasteiger partial charge in [-0.3, -0.25) is 4.90 Å². The van der Waals surface area contributed by atoms with Crippen LogP contribution in [-0.2, 0) is 22.7 Å². The topological polar surface area (TPSA) is 82.1 Å². The van der Waals surface area contributed by atoms with Crippen LogP contribution in [0.3, 0.4) is 0 Å². The molecule has 0 bridgehead atoms. The van der Waals surface area contributed by atoms with Crippen molar-refractivity contribution in [3.8, 4) is 0 Å². The molecule has 0 atom stereocenters. The molecule has 1 fully saturated rings. The van der Waals surface area contributed by atoms with E-state index in [1.54, 1.807) is 17.1 Å². The van der Waals surface area contributed by atoms with Crippen molar-refractivity contribution in [2.24, 2.45) is 5.16 Å². The van der Waals surface area contributed by atoms with Gasteiger partial charge in [-0.25, -0.2) is 14.5 Å². The highest BCUT2D eigenvalue weighted by molar-refractivity contribution is 6.30. The van der Waals surface area contributed by atoms with Crippen molar-refractivity contribution >= 4 is 34.5 Å². The monoisotopic (exact) mass is 481 g/mol. The van der Waals surface area contributed by atoms with Crippen LogP contribution in [0.25, 0.3) is 16.7 Å². The minimum Gasteiger partial charge on any atom is -0.387 e. The van der Waals surface area contributed by atoms with Gasteiger partial charge in [-0.1, -0.05) is 28.9 Å². The molecular formula is C24H28ClN7O2. The number of aromatic nitrogens is 5. The zero-order valence-electron chi connectivity index (χ0n) is 19.4. The van der Waals surface area contributed by atoms with Gasteiger partial charge in [0.25, 0.3) is 0 Å². The average molecular weight is 482 g/mol. The predicted molar refractivity (Wildman–Crippen MR) is 131 cm³/mol. The third-order valence-corrected chi connectivity index (χ3v) is 6.54. The lowest BCUT2D eigenvalue weighted by Crippen LogP contribution is -2.37. The molecule has 1 aromatic carbocycles. The van der Waals surface area contributed by atoms with E-state index in [9.17, 15) is 0 Å². The Balaban J connectivity index is 1.30. The number of nitrogens with zero attached hydrogens (tertiary/aromatic N) is 7. The predicted octanol–water partition coefficient (Wildman–Crippen LogP) is 3.62. The first-order valence-electron chi connectivity index (χ1n) is 11.5. The summed E-state index contributed by atoms with van der Waals surface area (Å²) in [6.07, 6.45) is 4.42. The van der Waals surface area contributed by atoms with Crippen molar-refractivity contribution in [1.29, 1.82) is 0 Å². The molecule has 0 spiro atoms. The van der Waals surface area contributed by atoms with E-state index in [2.05, 4.69) is 33.6 Å². The SMILES string of the molecule is Cc1c(C)n(CCCN2CCOCC2)c2ncn3nc(CON=Cc4ccc(Cl)cc4)nc3c12. The number of oxime groups is 1. The van der Waals surface area contributed by atoms with Crippen molar-refractivity contribution < 1.29 is 9.57 Å². The fourth-order valence-electron chi connectivity index (χ4n) is 4.33. The molecule has 1 aliphatic heterocycles. The van der Waals surface area contributed by atoms with Crippen LogP contribution in [0.4, 0.5) is 0 Å². The van der Waals surface area contributed by atoms with E-state index in [-0.39, 0.29) is 6.61 Å². The minimum atomic E-state index is 0.172. The van der Waals surface area contributed by atoms with Gasteiger partial charge in [-0.2, -0.15) is 0 Å². The Labute approximate surface area is 202 Å². The number of morpholine rings is 1. The molecule has 0 amide bonds. The maximum Gasteiger partial charge on any atom is 0.192 e. The Kier molecular flexibility index (Phi) is 6.75. The number of halogens is 1. The van der Waals surface area contributed by atoms with Gasteiger partial charge in [0.2, 0.25) is 0 Å². The third kappa shape index (κ3) is 4.77. The highest BCUT2D eigenvalue weighted by atomic mass is 35.5. The minimum absolute atomic E-state index is 0.172. The second kappa shape index (κ2) is 10.1.